The van der Waals surface area contributed by atoms with Gasteiger partial charge in [-0.05, 0) is 36.1 Å². The van der Waals surface area contributed by atoms with Crippen molar-refractivity contribution in [2.24, 2.45) is 0 Å². The Morgan fingerprint density at radius 2 is 2.23 bits per heavy atom. The quantitative estimate of drug-likeness (QED) is 0.694. The predicted molar refractivity (Wildman–Crippen MR) is 52.8 cm³/mol. The molecule has 0 aliphatic heterocycles. The van der Waals surface area contributed by atoms with Gasteiger partial charge in [0.15, 0.2) is 0 Å². The van der Waals surface area contributed by atoms with E-state index in [2.05, 4.69) is 11.1 Å². The number of aromatic amines is 1. The minimum atomic E-state index is 0.500. The molecule has 0 spiro atoms. The van der Waals surface area contributed by atoms with Gasteiger partial charge >= 0.3 is 0 Å². The third-order valence-corrected chi connectivity index (χ3v) is 2.14. The molecule has 13 heavy (non-hydrogen) atoms. The van der Waals surface area contributed by atoms with E-state index in [0.717, 1.165) is 23.1 Å². The van der Waals surface area contributed by atoms with E-state index in [-0.39, 0.29) is 0 Å². The summed E-state index contributed by atoms with van der Waals surface area (Å²) in [5.41, 5.74) is 3.35. The van der Waals surface area contributed by atoms with Crippen LogP contribution in [0.1, 0.15) is 11.3 Å². The first-order valence-electron chi connectivity index (χ1n) is 4.31. The summed E-state index contributed by atoms with van der Waals surface area (Å²) >= 11 is 0. The van der Waals surface area contributed by atoms with Gasteiger partial charge in [-0.2, -0.15) is 0 Å². The molecule has 0 saturated carbocycles. The van der Waals surface area contributed by atoms with Crippen molar-refractivity contribution in [3.8, 4) is 0 Å². The molecule has 0 amide bonds. The summed E-state index contributed by atoms with van der Waals surface area (Å²) < 4.78 is 0. The van der Waals surface area contributed by atoms with Crippen molar-refractivity contribution in [2.45, 2.75) is 13.3 Å². The monoisotopic (exact) mass is 173 g/mol. The fraction of sp³-hybridized carbons (Fsp3) is 0.182. The van der Waals surface area contributed by atoms with Gasteiger partial charge in [0.1, 0.15) is 6.29 Å². The minimum absolute atomic E-state index is 0.500. The summed E-state index contributed by atoms with van der Waals surface area (Å²) in [6, 6.07) is 8.13. The second kappa shape index (κ2) is 3.05. The molecular weight excluding hydrogens is 162 g/mol. The molecule has 1 heterocycles. The molecule has 2 nitrogen and oxygen atoms in total. The first-order valence-corrected chi connectivity index (χ1v) is 4.31. The van der Waals surface area contributed by atoms with E-state index >= 15 is 0 Å². The second-order valence-electron chi connectivity index (χ2n) is 3.24. The number of aldehydes is 1. The van der Waals surface area contributed by atoms with Crippen LogP contribution in [0.5, 0.6) is 0 Å². The van der Waals surface area contributed by atoms with Gasteiger partial charge in [-0.15, -0.1) is 0 Å². The molecule has 1 N–H and O–H groups in total. The Labute approximate surface area is 76.6 Å². The molecule has 0 bridgehead atoms. The summed E-state index contributed by atoms with van der Waals surface area (Å²) in [5, 5.41) is 1.18. The maximum atomic E-state index is 10.3. The molecule has 0 aliphatic carbocycles. The Kier molecular flexibility index (Phi) is 1.89. The lowest BCUT2D eigenvalue weighted by Gasteiger charge is -1.94. The highest BCUT2D eigenvalue weighted by atomic mass is 16.1. The zero-order chi connectivity index (χ0) is 9.26. The van der Waals surface area contributed by atoms with Crippen LogP contribution in [-0.2, 0) is 11.2 Å². The van der Waals surface area contributed by atoms with Crippen molar-refractivity contribution in [3.05, 3.63) is 35.5 Å². The molecule has 2 aromatic rings. The van der Waals surface area contributed by atoms with Gasteiger partial charge in [-0.25, -0.2) is 0 Å². The maximum absolute atomic E-state index is 10.3. The van der Waals surface area contributed by atoms with Gasteiger partial charge in [0, 0.05) is 17.6 Å². The van der Waals surface area contributed by atoms with Crippen molar-refractivity contribution >= 4 is 17.2 Å². The molecule has 0 unspecified atom stereocenters. The number of H-pyrrole nitrogens is 1. The van der Waals surface area contributed by atoms with Crippen LogP contribution in [0.25, 0.3) is 10.9 Å². The first kappa shape index (κ1) is 8.05. The van der Waals surface area contributed by atoms with Gasteiger partial charge < -0.3 is 9.78 Å². The Morgan fingerprint density at radius 3 is 3.00 bits per heavy atom. The van der Waals surface area contributed by atoms with Gasteiger partial charge in [0.25, 0.3) is 0 Å². The van der Waals surface area contributed by atoms with E-state index in [1.165, 1.54) is 5.39 Å². The number of nitrogens with one attached hydrogen (secondary N) is 1. The Hall–Kier alpha value is -1.57. The Bertz CT molecular complexity index is 442. The summed E-state index contributed by atoms with van der Waals surface area (Å²) in [6.45, 7) is 2.03. The van der Waals surface area contributed by atoms with E-state index < -0.39 is 0 Å². The molecule has 0 radical (unpaired) electrons. The lowest BCUT2D eigenvalue weighted by atomic mass is 10.1. The van der Waals surface area contributed by atoms with Gasteiger partial charge in [0.2, 0.25) is 0 Å². The van der Waals surface area contributed by atoms with Gasteiger partial charge in [-0.3, -0.25) is 0 Å². The van der Waals surface area contributed by atoms with Crippen LogP contribution in [0, 0.1) is 6.92 Å². The number of carbonyl (C=O) groups excluding carboxylic acids is 1. The van der Waals surface area contributed by atoms with E-state index in [4.69, 9.17) is 0 Å². The van der Waals surface area contributed by atoms with Gasteiger partial charge in [0.05, 0.1) is 0 Å². The molecule has 0 atom stereocenters. The third kappa shape index (κ3) is 1.47. The highest BCUT2D eigenvalue weighted by Crippen LogP contribution is 2.16. The normalized spacial score (nSPS) is 10.5. The number of aryl methyl sites for hydroxylation is 1. The molecular formula is C11H11NO. The second-order valence-corrected chi connectivity index (χ2v) is 3.24. The van der Waals surface area contributed by atoms with Crippen LogP contribution in [0.4, 0.5) is 0 Å². The fourth-order valence-corrected chi connectivity index (χ4v) is 1.55. The van der Waals surface area contributed by atoms with E-state index in [9.17, 15) is 4.79 Å². The van der Waals surface area contributed by atoms with Crippen LogP contribution < -0.4 is 0 Å². The average molecular weight is 173 g/mol. The molecule has 0 fully saturated rings. The molecule has 1 aromatic carbocycles. The highest BCUT2D eigenvalue weighted by molar-refractivity contribution is 5.81. The van der Waals surface area contributed by atoms with E-state index in [1.54, 1.807) is 0 Å². The van der Waals surface area contributed by atoms with E-state index in [1.807, 2.05) is 25.1 Å². The van der Waals surface area contributed by atoms with Crippen molar-refractivity contribution < 1.29 is 4.79 Å². The zero-order valence-electron chi connectivity index (χ0n) is 7.50. The number of hydrogen-bond donors (Lipinski definition) is 1. The molecule has 0 saturated heterocycles. The zero-order valence-corrected chi connectivity index (χ0v) is 7.50. The maximum Gasteiger partial charge on any atom is 0.124 e. The summed E-state index contributed by atoms with van der Waals surface area (Å²) in [6.07, 6.45) is 1.43. The van der Waals surface area contributed by atoms with Crippen molar-refractivity contribution in [2.75, 3.05) is 0 Å². The van der Waals surface area contributed by atoms with Crippen molar-refractivity contribution in [3.63, 3.8) is 0 Å². The van der Waals surface area contributed by atoms with Crippen LogP contribution in [0.3, 0.4) is 0 Å². The summed E-state index contributed by atoms with van der Waals surface area (Å²) in [4.78, 5) is 13.5. The van der Waals surface area contributed by atoms with Crippen LogP contribution >= 0.6 is 0 Å². The topological polar surface area (TPSA) is 32.9 Å². The van der Waals surface area contributed by atoms with Crippen molar-refractivity contribution in [1.82, 2.24) is 4.98 Å². The number of benzene rings is 1. The molecule has 66 valence electrons. The standard InChI is InChI=1S/C11H11NO/c1-8-6-10-7-9(4-5-13)2-3-11(10)12-8/h2-3,5-7,12H,4H2,1H3. The predicted octanol–water partition coefficient (Wildman–Crippen LogP) is 2.22. The summed E-state index contributed by atoms with van der Waals surface area (Å²) in [5.74, 6) is 0. The largest absolute Gasteiger partial charge is 0.359 e. The van der Waals surface area contributed by atoms with Crippen molar-refractivity contribution in [1.29, 1.82) is 0 Å². The molecule has 1 aromatic heterocycles. The number of aromatic nitrogens is 1. The SMILES string of the molecule is Cc1cc2cc(CC=O)ccc2[nH]1. The van der Waals surface area contributed by atoms with Crippen LogP contribution in [0.15, 0.2) is 24.3 Å². The number of carbonyl (C=O) groups is 1. The average Bonchev–Trinajstić information content (AvgIpc) is 2.44. The number of fused-ring (bicyclic) bond motifs is 1. The summed E-state index contributed by atoms with van der Waals surface area (Å²) in [7, 11) is 0. The molecule has 2 rings (SSSR count). The van der Waals surface area contributed by atoms with Crippen LogP contribution in [0.2, 0.25) is 0 Å². The minimum Gasteiger partial charge on any atom is -0.359 e. The third-order valence-electron chi connectivity index (χ3n) is 2.14. The smallest absolute Gasteiger partial charge is 0.124 e. The number of rotatable bonds is 2. The fourth-order valence-electron chi connectivity index (χ4n) is 1.55. The lowest BCUT2D eigenvalue weighted by Crippen LogP contribution is -1.83. The Morgan fingerprint density at radius 1 is 1.38 bits per heavy atom. The first-order chi connectivity index (χ1) is 6.29. The van der Waals surface area contributed by atoms with E-state index in [0.29, 0.717) is 6.42 Å². The number of hydrogen-bond acceptors (Lipinski definition) is 1. The molecule has 0 aliphatic rings. The van der Waals surface area contributed by atoms with Crippen LogP contribution in [-0.4, -0.2) is 11.3 Å². The highest BCUT2D eigenvalue weighted by Gasteiger charge is 1.98. The van der Waals surface area contributed by atoms with Gasteiger partial charge in [-0.1, -0.05) is 6.07 Å². The Balaban J connectivity index is 2.54. The molecule has 2 heteroatoms. The lowest BCUT2D eigenvalue weighted by molar-refractivity contribution is -0.107.